The summed E-state index contributed by atoms with van der Waals surface area (Å²) in [7, 11) is 0. The Balaban J connectivity index is 1.46. The zero-order chi connectivity index (χ0) is 22.6. The summed E-state index contributed by atoms with van der Waals surface area (Å²) in [6.07, 6.45) is 2.98. The molecule has 31 heavy (non-hydrogen) atoms. The van der Waals surface area contributed by atoms with Crippen molar-refractivity contribution in [3.63, 3.8) is 0 Å². The second-order valence-electron chi connectivity index (χ2n) is 9.27. The molecule has 3 amide bonds. The van der Waals surface area contributed by atoms with E-state index in [0.717, 1.165) is 12.8 Å². The van der Waals surface area contributed by atoms with Crippen LogP contribution >= 0.6 is 0 Å². The lowest BCUT2D eigenvalue weighted by molar-refractivity contribution is -0.155. The molecule has 1 aliphatic carbocycles. The van der Waals surface area contributed by atoms with Crippen LogP contribution < -0.4 is 10.6 Å². The van der Waals surface area contributed by atoms with Gasteiger partial charge in [-0.2, -0.15) is 0 Å². The highest BCUT2D eigenvalue weighted by atomic mass is 16.5. The fourth-order valence-corrected chi connectivity index (χ4v) is 3.51. The molecule has 1 aromatic carbocycles. The van der Waals surface area contributed by atoms with Crippen molar-refractivity contribution < 1.29 is 23.9 Å². The Kier molecular flexibility index (Phi) is 6.97. The summed E-state index contributed by atoms with van der Waals surface area (Å²) in [6.45, 7) is 6.22. The van der Waals surface area contributed by atoms with Gasteiger partial charge in [-0.05, 0) is 37.8 Å². The van der Waals surface area contributed by atoms with Crippen LogP contribution in [0, 0.1) is 11.3 Å². The van der Waals surface area contributed by atoms with Gasteiger partial charge < -0.3 is 20.3 Å². The number of likely N-dealkylation sites (tertiary alicyclic amines) is 1. The number of hydrogen-bond donors (Lipinski definition) is 2. The number of piperidine rings is 1. The molecule has 8 nitrogen and oxygen atoms in total. The molecule has 3 rings (SSSR count). The second kappa shape index (κ2) is 9.49. The Hall–Kier alpha value is -2.90. The number of esters is 1. The largest absolute Gasteiger partial charge is 0.455 e. The van der Waals surface area contributed by atoms with E-state index in [-0.39, 0.29) is 23.8 Å². The lowest BCUT2D eigenvalue weighted by atomic mass is 9.91. The van der Waals surface area contributed by atoms with Crippen molar-refractivity contribution in [2.24, 2.45) is 11.3 Å². The summed E-state index contributed by atoms with van der Waals surface area (Å²) in [5.41, 5.74) is 0.317. The summed E-state index contributed by atoms with van der Waals surface area (Å²) < 4.78 is 5.20. The Morgan fingerprint density at radius 2 is 1.68 bits per heavy atom. The molecule has 1 aliphatic heterocycles. The van der Waals surface area contributed by atoms with Gasteiger partial charge in [-0.3, -0.25) is 19.2 Å². The van der Waals surface area contributed by atoms with Crippen LogP contribution in [0.25, 0.3) is 0 Å². The van der Waals surface area contributed by atoms with Crippen molar-refractivity contribution in [3.05, 3.63) is 29.8 Å². The van der Waals surface area contributed by atoms with Crippen LogP contribution in [0.15, 0.2) is 24.3 Å². The minimum atomic E-state index is -0.500. The number of carbonyl (C=O) groups is 4. The average Bonchev–Trinajstić information content (AvgIpc) is 3.55. The molecule has 1 saturated carbocycles. The standard InChI is InChI=1S/C23H31N3O5/c1-23(2,3)22(30)26-12-10-15(11-13-26)21(29)31-14-19(27)25-18-7-5-4-6-17(18)20(28)24-16-8-9-16/h4-7,15-16H,8-14H2,1-3H3,(H,24,28)(H,25,27). The van der Waals surface area contributed by atoms with Crippen LogP contribution in [-0.4, -0.2) is 54.3 Å². The number of rotatable bonds is 6. The Bertz CT molecular complexity index is 849. The maximum Gasteiger partial charge on any atom is 0.309 e. The molecule has 0 unspecified atom stereocenters. The molecule has 2 N–H and O–H groups in total. The third-order valence-corrected chi connectivity index (χ3v) is 5.46. The van der Waals surface area contributed by atoms with E-state index >= 15 is 0 Å². The molecule has 2 aliphatic rings. The quantitative estimate of drug-likeness (QED) is 0.676. The lowest BCUT2D eigenvalue weighted by Gasteiger charge is -2.34. The maximum atomic E-state index is 12.4. The van der Waals surface area contributed by atoms with Crippen LogP contribution in [0.4, 0.5) is 5.69 Å². The highest BCUT2D eigenvalue weighted by Crippen LogP contribution is 2.24. The van der Waals surface area contributed by atoms with Crippen molar-refractivity contribution >= 4 is 29.4 Å². The third kappa shape index (κ3) is 6.29. The Labute approximate surface area is 182 Å². The number of para-hydroxylation sites is 1. The smallest absolute Gasteiger partial charge is 0.309 e. The third-order valence-electron chi connectivity index (χ3n) is 5.46. The van der Waals surface area contributed by atoms with Crippen molar-refractivity contribution in [1.82, 2.24) is 10.2 Å². The molecule has 1 aromatic rings. The fraction of sp³-hybridized carbons (Fsp3) is 0.565. The van der Waals surface area contributed by atoms with E-state index in [1.54, 1.807) is 29.2 Å². The zero-order valence-corrected chi connectivity index (χ0v) is 18.4. The predicted octanol–water partition coefficient (Wildman–Crippen LogP) is 2.35. The molecule has 0 radical (unpaired) electrons. The number of nitrogens with one attached hydrogen (secondary N) is 2. The highest BCUT2D eigenvalue weighted by molar-refractivity contribution is 6.04. The topological polar surface area (TPSA) is 105 Å². The number of nitrogens with zero attached hydrogens (tertiary/aromatic N) is 1. The van der Waals surface area contributed by atoms with Crippen LogP contribution in [0.3, 0.4) is 0 Å². The first-order valence-electron chi connectivity index (χ1n) is 10.8. The van der Waals surface area contributed by atoms with Crippen molar-refractivity contribution in [2.75, 3.05) is 25.0 Å². The van der Waals surface area contributed by atoms with Gasteiger partial charge in [0.1, 0.15) is 0 Å². The monoisotopic (exact) mass is 429 g/mol. The number of anilines is 1. The van der Waals surface area contributed by atoms with Gasteiger partial charge in [0.15, 0.2) is 6.61 Å². The van der Waals surface area contributed by atoms with Crippen LogP contribution in [0.5, 0.6) is 0 Å². The van der Waals surface area contributed by atoms with Crippen LogP contribution in [0.1, 0.15) is 56.8 Å². The lowest BCUT2D eigenvalue weighted by Crippen LogP contribution is -2.45. The summed E-state index contributed by atoms with van der Waals surface area (Å²) in [5.74, 6) is -1.42. The Morgan fingerprint density at radius 1 is 1.03 bits per heavy atom. The molecule has 1 saturated heterocycles. The zero-order valence-electron chi connectivity index (χ0n) is 18.4. The predicted molar refractivity (Wildman–Crippen MR) is 115 cm³/mol. The molecule has 0 aromatic heterocycles. The summed E-state index contributed by atoms with van der Waals surface area (Å²) in [6, 6.07) is 6.95. The van der Waals surface area contributed by atoms with E-state index in [1.807, 2.05) is 20.8 Å². The number of benzene rings is 1. The molecule has 0 spiro atoms. The van der Waals surface area contributed by atoms with E-state index in [0.29, 0.717) is 37.2 Å². The van der Waals surface area contributed by atoms with Gasteiger partial charge in [0.05, 0.1) is 17.2 Å². The molecule has 1 heterocycles. The normalized spacial score (nSPS) is 17.1. The van der Waals surface area contributed by atoms with Gasteiger partial charge in [0.2, 0.25) is 5.91 Å². The maximum absolute atomic E-state index is 12.4. The minimum Gasteiger partial charge on any atom is -0.455 e. The number of amides is 3. The molecule has 8 heteroatoms. The van der Waals surface area contributed by atoms with E-state index in [9.17, 15) is 19.2 Å². The molecule has 0 bridgehead atoms. The first-order chi connectivity index (χ1) is 14.6. The Morgan fingerprint density at radius 3 is 2.29 bits per heavy atom. The van der Waals surface area contributed by atoms with Crippen molar-refractivity contribution in [1.29, 1.82) is 0 Å². The van der Waals surface area contributed by atoms with Gasteiger partial charge in [0, 0.05) is 24.5 Å². The first kappa shape index (κ1) is 22.8. The van der Waals surface area contributed by atoms with Crippen LogP contribution in [0.2, 0.25) is 0 Å². The van der Waals surface area contributed by atoms with Gasteiger partial charge in [-0.15, -0.1) is 0 Å². The minimum absolute atomic E-state index is 0.0723. The van der Waals surface area contributed by atoms with Gasteiger partial charge >= 0.3 is 5.97 Å². The number of carbonyl (C=O) groups excluding carboxylic acids is 4. The second-order valence-corrected chi connectivity index (χ2v) is 9.27. The molecule has 2 fully saturated rings. The van der Waals surface area contributed by atoms with Gasteiger partial charge in [-0.25, -0.2) is 0 Å². The van der Waals surface area contributed by atoms with Crippen molar-refractivity contribution in [3.8, 4) is 0 Å². The summed E-state index contributed by atoms with van der Waals surface area (Å²) >= 11 is 0. The van der Waals surface area contributed by atoms with Gasteiger partial charge in [-0.1, -0.05) is 32.9 Å². The van der Waals surface area contributed by atoms with E-state index < -0.39 is 23.9 Å². The molecular weight excluding hydrogens is 398 g/mol. The first-order valence-corrected chi connectivity index (χ1v) is 10.8. The average molecular weight is 430 g/mol. The molecule has 0 atom stereocenters. The van der Waals surface area contributed by atoms with Crippen LogP contribution in [-0.2, 0) is 19.1 Å². The molecular formula is C23H31N3O5. The van der Waals surface area contributed by atoms with E-state index in [2.05, 4.69) is 10.6 Å². The SMILES string of the molecule is CC(C)(C)C(=O)N1CCC(C(=O)OCC(=O)Nc2ccccc2C(=O)NC2CC2)CC1. The van der Waals surface area contributed by atoms with E-state index in [1.165, 1.54) is 0 Å². The fourth-order valence-electron chi connectivity index (χ4n) is 3.51. The van der Waals surface area contributed by atoms with Gasteiger partial charge in [0.25, 0.3) is 11.8 Å². The van der Waals surface area contributed by atoms with E-state index in [4.69, 9.17) is 4.74 Å². The van der Waals surface area contributed by atoms with Crippen molar-refractivity contribution in [2.45, 2.75) is 52.5 Å². The summed E-state index contributed by atoms with van der Waals surface area (Å²) in [4.78, 5) is 51.1. The number of hydrogen-bond acceptors (Lipinski definition) is 5. The number of ether oxygens (including phenoxy) is 1. The molecule has 168 valence electrons. The summed E-state index contributed by atoms with van der Waals surface area (Å²) in [5, 5.41) is 5.55. The highest BCUT2D eigenvalue weighted by Gasteiger charge is 2.33.